The molecule has 0 saturated carbocycles. The number of ether oxygens (including phenoxy) is 1. The number of alkyl carbamates (subject to hydrolysis) is 1. The third-order valence-electron chi connectivity index (χ3n) is 4.49. The van der Waals surface area contributed by atoms with Gasteiger partial charge in [-0.2, -0.15) is 0 Å². The number of nitrogens with one attached hydrogen (secondary N) is 3. The lowest BCUT2D eigenvalue weighted by molar-refractivity contribution is -0.129. The van der Waals surface area contributed by atoms with Crippen LogP contribution in [0.5, 0.6) is 0 Å². The molecular weight excluding hydrogens is 400 g/mol. The van der Waals surface area contributed by atoms with E-state index in [9.17, 15) is 14.4 Å². The van der Waals surface area contributed by atoms with Crippen molar-refractivity contribution in [2.45, 2.75) is 44.6 Å². The van der Waals surface area contributed by atoms with Gasteiger partial charge in [-0.25, -0.2) is 10.3 Å². The third-order valence-corrected chi connectivity index (χ3v) is 4.49. The topological polar surface area (TPSA) is 130 Å². The lowest BCUT2D eigenvalue weighted by Crippen LogP contribution is -2.44. The fourth-order valence-electron chi connectivity index (χ4n) is 2.86. The molecule has 9 nitrogen and oxygen atoms in total. The van der Waals surface area contributed by atoms with Gasteiger partial charge in [-0.1, -0.05) is 37.1 Å². The van der Waals surface area contributed by atoms with Crippen LogP contribution < -0.4 is 16.1 Å². The van der Waals surface area contributed by atoms with Crippen molar-refractivity contribution < 1.29 is 24.3 Å². The fourth-order valence-corrected chi connectivity index (χ4v) is 2.86. The second kappa shape index (κ2) is 13.7. The summed E-state index contributed by atoms with van der Waals surface area (Å²) >= 11 is 0. The van der Waals surface area contributed by atoms with Gasteiger partial charge in [-0.05, 0) is 37.1 Å². The van der Waals surface area contributed by atoms with Crippen LogP contribution in [0, 0.1) is 0 Å². The van der Waals surface area contributed by atoms with Gasteiger partial charge in [0.1, 0.15) is 6.04 Å². The van der Waals surface area contributed by atoms with Crippen LogP contribution in [0.1, 0.15) is 37.8 Å². The summed E-state index contributed by atoms with van der Waals surface area (Å²) in [7, 11) is 0. The van der Waals surface area contributed by atoms with Gasteiger partial charge in [-0.3, -0.25) is 19.8 Å². The molecule has 0 radical (unpaired) electrons. The second-order valence-electron chi connectivity index (χ2n) is 6.89. The zero-order chi connectivity index (χ0) is 22.3. The Balaban J connectivity index is 1.83. The minimum Gasteiger partial charge on any atom is -0.449 e. The number of hydrogen-bond acceptors (Lipinski definition) is 6. The van der Waals surface area contributed by atoms with Crippen molar-refractivity contribution in [3.63, 3.8) is 0 Å². The molecule has 0 aliphatic rings. The van der Waals surface area contributed by atoms with Crippen molar-refractivity contribution in [1.82, 2.24) is 15.8 Å². The van der Waals surface area contributed by atoms with Crippen LogP contribution in [0.2, 0.25) is 0 Å². The van der Waals surface area contributed by atoms with Crippen LogP contribution in [-0.2, 0) is 20.7 Å². The maximum absolute atomic E-state index is 12.7. The highest BCUT2D eigenvalue weighted by atomic mass is 16.5. The molecule has 4 N–H and O–H groups in total. The minimum absolute atomic E-state index is 0.145. The fraction of sp³-hybridized carbons (Fsp3) is 0.364. The zero-order valence-corrected chi connectivity index (χ0v) is 17.3. The van der Waals surface area contributed by atoms with Gasteiger partial charge in [0.15, 0.2) is 0 Å². The van der Waals surface area contributed by atoms with E-state index < -0.39 is 18.0 Å². The zero-order valence-electron chi connectivity index (χ0n) is 17.3. The average molecular weight is 428 g/mol. The number of anilines is 1. The summed E-state index contributed by atoms with van der Waals surface area (Å²) in [5, 5.41) is 13.9. The number of carbonyl (C=O) groups is 3. The van der Waals surface area contributed by atoms with Gasteiger partial charge >= 0.3 is 6.09 Å². The van der Waals surface area contributed by atoms with Gasteiger partial charge in [0.25, 0.3) is 0 Å². The third kappa shape index (κ3) is 9.72. The molecule has 0 saturated heterocycles. The molecule has 0 aliphatic carbocycles. The average Bonchev–Trinajstić information content (AvgIpc) is 2.79. The largest absolute Gasteiger partial charge is 0.449 e. The van der Waals surface area contributed by atoms with Crippen molar-refractivity contribution in [1.29, 1.82) is 0 Å². The second-order valence-corrected chi connectivity index (χ2v) is 6.89. The molecule has 0 aliphatic heterocycles. The van der Waals surface area contributed by atoms with E-state index in [-0.39, 0.29) is 18.9 Å². The van der Waals surface area contributed by atoms with Crippen molar-refractivity contribution in [3.05, 3.63) is 60.4 Å². The molecule has 31 heavy (non-hydrogen) atoms. The van der Waals surface area contributed by atoms with E-state index in [0.717, 1.165) is 5.69 Å². The summed E-state index contributed by atoms with van der Waals surface area (Å²) in [4.78, 5) is 40.1. The summed E-state index contributed by atoms with van der Waals surface area (Å²) < 4.78 is 5.20. The highest BCUT2D eigenvalue weighted by Crippen LogP contribution is 2.10. The smallest absolute Gasteiger partial charge is 0.407 e. The number of benzene rings is 1. The monoisotopic (exact) mass is 428 g/mol. The quantitative estimate of drug-likeness (QED) is 0.234. The molecule has 0 fully saturated rings. The summed E-state index contributed by atoms with van der Waals surface area (Å²) in [6, 6.07) is 13.7. The van der Waals surface area contributed by atoms with Crippen molar-refractivity contribution in [2.75, 3.05) is 11.9 Å². The van der Waals surface area contributed by atoms with Crippen LogP contribution in [0.3, 0.4) is 0 Å². The molecule has 3 amide bonds. The minimum atomic E-state index is -0.783. The van der Waals surface area contributed by atoms with E-state index in [1.54, 1.807) is 35.9 Å². The lowest BCUT2D eigenvalue weighted by Gasteiger charge is -2.18. The first-order valence-electron chi connectivity index (χ1n) is 10.2. The Morgan fingerprint density at radius 1 is 1.00 bits per heavy atom. The predicted octanol–water partition coefficient (Wildman–Crippen LogP) is 2.81. The maximum Gasteiger partial charge on any atom is 0.407 e. The molecule has 1 heterocycles. The lowest BCUT2D eigenvalue weighted by atomic mass is 10.1. The Bertz CT molecular complexity index is 817. The Labute approximate surface area is 181 Å². The summed E-state index contributed by atoms with van der Waals surface area (Å²) in [6.07, 6.45) is 3.89. The van der Waals surface area contributed by atoms with Gasteiger partial charge in [-0.15, -0.1) is 0 Å². The van der Waals surface area contributed by atoms with E-state index >= 15 is 0 Å². The van der Waals surface area contributed by atoms with E-state index in [0.29, 0.717) is 37.8 Å². The van der Waals surface area contributed by atoms with E-state index in [1.807, 2.05) is 24.3 Å². The molecule has 9 heteroatoms. The molecule has 1 atom stereocenters. The van der Waals surface area contributed by atoms with Gasteiger partial charge < -0.3 is 15.4 Å². The van der Waals surface area contributed by atoms with Crippen LogP contribution in [0.4, 0.5) is 10.5 Å². The number of nitrogens with zero attached hydrogens (tertiary/aromatic N) is 1. The van der Waals surface area contributed by atoms with E-state index in [4.69, 9.17) is 9.94 Å². The number of aromatic nitrogens is 1. The Morgan fingerprint density at radius 3 is 2.48 bits per heavy atom. The summed E-state index contributed by atoms with van der Waals surface area (Å²) in [6.45, 7) is 0.145. The number of para-hydroxylation sites is 1. The SMILES string of the molecule is O=C(CCCCCC(NC(=O)OCCc1ccccn1)C(=O)Nc1ccccc1)NO. The Kier molecular flexibility index (Phi) is 10.5. The highest BCUT2D eigenvalue weighted by molar-refractivity contribution is 5.96. The normalized spacial score (nSPS) is 11.3. The molecular formula is C22H28N4O5. The van der Waals surface area contributed by atoms with Crippen LogP contribution in [0.15, 0.2) is 54.7 Å². The Hall–Kier alpha value is -3.46. The number of amides is 3. The van der Waals surface area contributed by atoms with Crippen LogP contribution in [0.25, 0.3) is 0 Å². The van der Waals surface area contributed by atoms with Gasteiger partial charge in [0.05, 0.1) is 6.61 Å². The molecule has 1 aromatic heterocycles. The number of pyridine rings is 1. The molecule has 1 aromatic carbocycles. The Morgan fingerprint density at radius 2 is 1.77 bits per heavy atom. The van der Waals surface area contributed by atoms with Gasteiger partial charge in [0.2, 0.25) is 11.8 Å². The van der Waals surface area contributed by atoms with E-state index in [1.165, 1.54) is 0 Å². The van der Waals surface area contributed by atoms with Crippen molar-refractivity contribution in [3.8, 4) is 0 Å². The van der Waals surface area contributed by atoms with Crippen LogP contribution in [-0.4, -0.2) is 40.7 Å². The van der Waals surface area contributed by atoms with Crippen molar-refractivity contribution in [2.24, 2.45) is 0 Å². The number of hydroxylamine groups is 1. The number of carbonyl (C=O) groups excluding carboxylic acids is 3. The van der Waals surface area contributed by atoms with Crippen LogP contribution >= 0.6 is 0 Å². The predicted molar refractivity (Wildman–Crippen MR) is 114 cm³/mol. The maximum atomic E-state index is 12.7. The standard InChI is InChI=1S/C22H28N4O5/c27-20(26-30)13-6-2-5-12-19(21(28)24-18-10-3-1-4-11-18)25-22(29)31-16-14-17-9-7-8-15-23-17/h1,3-4,7-11,15,19,30H,2,5-6,12-14,16H2,(H,24,28)(H,25,29)(H,26,27). The summed E-state index contributed by atoms with van der Waals surface area (Å²) in [5.74, 6) is -0.797. The molecule has 2 rings (SSSR count). The van der Waals surface area contributed by atoms with Crippen molar-refractivity contribution >= 4 is 23.6 Å². The van der Waals surface area contributed by atoms with E-state index in [2.05, 4.69) is 15.6 Å². The number of hydrogen-bond donors (Lipinski definition) is 4. The number of unbranched alkanes of at least 4 members (excludes halogenated alkanes) is 2. The number of rotatable bonds is 12. The first-order chi connectivity index (χ1) is 15.1. The molecule has 166 valence electrons. The first kappa shape index (κ1) is 23.8. The van der Waals surface area contributed by atoms with Gasteiger partial charge in [0, 0.05) is 30.4 Å². The molecule has 0 spiro atoms. The summed E-state index contributed by atoms with van der Waals surface area (Å²) in [5.41, 5.74) is 3.02. The first-order valence-corrected chi connectivity index (χ1v) is 10.2. The molecule has 2 aromatic rings. The molecule has 1 unspecified atom stereocenters. The molecule has 0 bridgehead atoms. The highest BCUT2D eigenvalue weighted by Gasteiger charge is 2.21.